The van der Waals surface area contributed by atoms with E-state index in [1.807, 2.05) is 24.3 Å². The molecule has 2 heteroatoms. The van der Waals surface area contributed by atoms with Crippen LogP contribution in [0.4, 0.5) is 0 Å². The summed E-state index contributed by atoms with van der Waals surface area (Å²) in [6.45, 7) is 2.13. The van der Waals surface area contributed by atoms with Crippen molar-refractivity contribution in [2.75, 3.05) is 0 Å². The van der Waals surface area contributed by atoms with Gasteiger partial charge in [0.05, 0.1) is 5.75 Å². The third-order valence-corrected chi connectivity index (χ3v) is 1.50. The summed E-state index contributed by atoms with van der Waals surface area (Å²) in [6, 6.07) is 7.93. The summed E-state index contributed by atoms with van der Waals surface area (Å²) < 4.78 is 4.76. The summed E-state index contributed by atoms with van der Waals surface area (Å²) in [5.41, 5.74) is 1.32. The molecule has 0 unspecified atom stereocenters. The maximum atomic E-state index is 4.76. The third-order valence-electron chi connectivity index (χ3n) is 1.50. The van der Waals surface area contributed by atoms with Crippen LogP contribution in [0, 0.1) is 14.5 Å². The molecule has 0 N–H and O–H groups in total. The topological polar surface area (TPSA) is 9.23 Å². The van der Waals surface area contributed by atoms with E-state index in [0.29, 0.717) is 0 Å². The van der Waals surface area contributed by atoms with Crippen molar-refractivity contribution in [1.29, 1.82) is 0 Å². The summed E-state index contributed by atoms with van der Waals surface area (Å²) in [7, 11) is 3.31. The molecule has 0 saturated carbocycles. The van der Waals surface area contributed by atoms with E-state index in [0.717, 1.165) is 12.2 Å². The van der Waals surface area contributed by atoms with E-state index in [4.69, 9.17) is 4.74 Å². The van der Waals surface area contributed by atoms with Gasteiger partial charge in [0.1, 0.15) is 0 Å². The Balaban J connectivity index is 0. The predicted molar refractivity (Wildman–Crippen MR) is 48.2 cm³/mol. The van der Waals surface area contributed by atoms with Crippen LogP contribution in [0.25, 0.3) is 0 Å². The Bertz CT molecular complexity index is 170. The van der Waals surface area contributed by atoms with E-state index < -0.39 is 0 Å². The molecule has 0 amide bonds. The quantitative estimate of drug-likeness (QED) is 0.721. The standard InChI is InChI=1S/C9H11O.CH3.Y/c1-3-8-4-6-9(10-2)7-5-8;;/h4-7H,2-3H2,1H3;1H3;/q2*-1;. The van der Waals surface area contributed by atoms with Crippen LogP contribution in [-0.2, 0) is 39.1 Å². The largest absolute Gasteiger partial charge is 0.665 e. The first-order valence-electron chi connectivity index (χ1n) is 3.37. The fourth-order valence-electron chi connectivity index (χ4n) is 0.821. The van der Waals surface area contributed by atoms with Gasteiger partial charge in [-0.05, 0) is 24.1 Å². The maximum Gasteiger partial charge on any atom is 0.0843 e. The number of rotatable bonds is 2. The molecule has 0 spiro atoms. The van der Waals surface area contributed by atoms with Gasteiger partial charge in [-0.15, -0.1) is 0 Å². The molecule has 1 radical (unpaired) electrons. The molecule has 0 bridgehead atoms. The minimum Gasteiger partial charge on any atom is -0.665 e. The van der Waals surface area contributed by atoms with Gasteiger partial charge in [0, 0.05) is 32.7 Å². The normalized spacial score (nSPS) is 7.83. The molecular formula is C10H14OY-2. The van der Waals surface area contributed by atoms with E-state index in [1.54, 1.807) is 0 Å². The van der Waals surface area contributed by atoms with Crippen LogP contribution >= 0.6 is 0 Å². The van der Waals surface area contributed by atoms with Gasteiger partial charge < -0.3 is 12.2 Å². The van der Waals surface area contributed by atoms with Crippen LogP contribution in [0.3, 0.4) is 0 Å². The monoisotopic (exact) mass is 239 g/mol. The molecule has 0 saturated heterocycles. The summed E-state index contributed by atoms with van der Waals surface area (Å²) >= 11 is 0. The van der Waals surface area contributed by atoms with Gasteiger partial charge in [-0.3, -0.25) is 0 Å². The first-order valence-corrected chi connectivity index (χ1v) is 3.37. The average Bonchev–Trinajstić information content (AvgIpc) is 2.05. The molecule has 0 aliphatic carbocycles. The van der Waals surface area contributed by atoms with Gasteiger partial charge in [0.15, 0.2) is 0 Å². The van der Waals surface area contributed by atoms with Gasteiger partial charge in [0.2, 0.25) is 0 Å². The van der Waals surface area contributed by atoms with Crippen molar-refractivity contribution >= 4 is 0 Å². The zero-order valence-corrected chi connectivity index (χ0v) is 10.5. The maximum absolute atomic E-state index is 4.76. The summed E-state index contributed by atoms with van der Waals surface area (Å²) in [4.78, 5) is 0. The third kappa shape index (κ3) is 4.22. The SMILES string of the molecule is [CH2-]Oc1ccc(CC)cc1.[CH3-].[Y]. The molecule has 0 aliphatic heterocycles. The second-order valence-electron chi connectivity index (χ2n) is 2.14. The van der Waals surface area contributed by atoms with Gasteiger partial charge >= 0.3 is 0 Å². The van der Waals surface area contributed by atoms with Crippen LogP contribution in [0.15, 0.2) is 24.3 Å². The molecular weight excluding hydrogens is 225 g/mol. The Morgan fingerprint density at radius 2 is 1.75 bits per heavy atom. The van der Waals surface area contributed by atoms with E-state index in [2.05, 4.69) is 14.0 Å². The fraction of sp³-hybridized carbons (Fsp3) is 0.200. The fourth-order valence-corrected chi connectivity index (χ4v) is 0.821. The van der Waals surface area contributed by atoms with Crippen molar-refractivity contribution < 1.29 is 37.4 Å². The smallest absolute Gasteiger partial charge is 0.0843 e. The molecule has 1 rings (SSSR count). The molecule has 1 aromatic rings. The van der Waals surface area contributed by atoms with Crippen molar-refractivity contribution in [3.63, 3.8) is 0 Å². The van der Waals surface area contributed by atoms with Gasteiger partial charge in [-0.2, -0.15) is 7.11 Å². The van der Waals surface area contributed by atoms with E-state index in [1.165, 1.54) is 5.56 Å². The number of benzene rings is 1. The summed E-state index contributed by atoms with van der Waals surface area (Å²) in [6.07, 6.45) is 1.07. The number of hydrogen-bond donors (Lipinski definition) is 0. The minimum atomic E-state index is 0. The van der Waals surface area contributed by atoms with Crippen molar-refractivity contribution in [2.24, 2.45) is 0 Å². The molecule has 1 nitrogen and oxygen atoms in total. The molecule has 0 atom stereocenters. The molecule has 0 fully saturated rings. The van der Waals surface area contributed by atoms with Crippen molar-refractivity contribution in [3.05, 3.63) is 44.4 Å². The molecule has 12 heavy (non-hydrogen) atoms. The van der Waals surface area contributed by atoms with Crippen LogP contribution < -0.4 is 4.74 Å². The van der Waals surface area contributed by atoms with Gasteiger partial charge in [0.25, 0.3) is 0 Å². The molecule has 1 aromatic carbocycles. The molecule has 0 heterocycles. The van der Waals surface area contributed by atoms with E-state index in [-0.39, 0.29) is 40.1 Å². The van der Waals surface area contributed by atoms with Crippen LogP contribution in [-0.4, -0.2) is 0 Å². The second kappa shape index (κ2) is 7.76. The average molecular weight is 239 g/mol. The molecule has 0 aliphatic rings. The number of hydrogen-bond acceptors (Lipinski definition) is 1. The van der Waals surface area contributed by atoms with E-state index >= 15 is 0 Å². The Morgan fingerprint density at radius 1 is 1.25 bits per heavy atom. The van der Waals surface area contributed by atoms with E-state index in [9.17, 15) is 0 Å². The van der Waals surface area contributed by atoms with Crippen LogP contribution in [0.2, 0.25) is 0 Å². The van der Waals surface area contributed by atoms with Gasteiger partial charge in [-0.1, -0.05) is 19.1 Å². The van der Waals surface area contributed by atoms with Crippen molar-refractivity contribution in [2.45, 2.75) is 13.3 Å². The number of aryl methyl sites for hydroxylation is 1. The predicted octanol–water partition coefficient (Wildman–Crippen LogP) is 2.87. The summed E-state index contributed by atoms with van der Waals surface area (Å²) in [5.74, 6) is 0.817. The van der Waals surface area contributed by atoms with Gasteiger partial charge in [-0.25, -0.2) is 0 Å². The molecule has 65 valence electrons. The van der Waals surface area contributed by atoms with Crippen molar-refractivity contribution in [3.8, 4) is 5.75 Å². The first kappa shape index (κ1) is 14.6. The Labute approximate surface area is 100 Å². The summed E-state index contributed by atoms with van der Waals surface area (Å²) in [5, 5.41) is 0. The zero-order chi connectivity index (χ0) is 7.40. The Kier molecular flexibility index (Phi) is 9.46. The first-order chi connectivity index (χ1) is 4.86. The van der Waals surface area contributed by atoms with Crippen LogP contribution in [0.1, 0.15) is 12.5 Å². The molecule has 0 aromatic heterocycles. The van der Waals surface area contributed by atoms with Crippen LogP contribution in [0.5, 0.6) is 5.75 Å². The Hall–Kier alpha value is 0.124. The van der Waals surface area contributed by atoms with Crippen molar-refractivity contribution in [1.82, 2.24) is 0 Å². The second-order valence-corrected chi connectivity index (χ2v) is 2.14. The zero-order valence-electron chi connectivity index (χ0n) is 7.71. The number of ether oxygens (including phenoxy) is 1. The Morgan fingerprint density at radius 3 is 2.08 bits per heavy atom. The minimum absolute atomic E-state index is 0.